The SMILES string of the molecule is CC(C)(C)CC(C)(C)Nc1ncccc1N. The van der Waals surface area contributed by atoms with E-state index in [1.54, 1.807) is 6.20 Å². The number of nitrogen functional groups attached to an aromatic ring is 1. The average Bonchev–Trinajstić information content (AvgIpc) is 2.04. The van der Waals surface area contributed by atoms with E-state index in [-0.39, 0.29) is 11.0 Å². The normalized spacial score (nSPS) is 12.6. The second-order valence-electron chi connectivity index (χ2n) is 6.19. The number of anilines is 2. The van der Waals surface area contributed by atoms with Crippen molar-refractivity contribution in [1.29, 1.82) is 0 Å². The number of hydrogen-bond donors (Lipinski definition) is 2. The predicted molar refractivity (Wildman–Crippen MR) is 70.4 cm³/mol. The van der Waals surface area contributed by atoms with Crippen LogP contribution < -0.4 is 11.1 Å². The van der Waals surface area contributed by atoms with Gasteiger partial charge >= 0.3 is 0 Å². The summed E-state index contributed by atoms with van der Waals surface area (Å²) in [4.78, 5) is 4.26. The minimum atomic E-state index is -0.0132. The van der Waals surface area contributed by atoms with Crippen molar-refractivity contribution >= 4 is 11.5 Å². The molecular formula is C13H23N3. The van der Waals surface area contributed by atoms with Gasteiger partial charge in [-0.25, -0.2) is 4.98 Å². The number of nitrogens with zero attached hydrogens (tertiary/aromatic N) is 1. The minimum Gasteiger partial charge on any atom is -0.396 e. The Balaban J connectivity index is 2.77. The number of rotatable bonds is 3. The molecule has 3 nitrogen and oxygen atoms in total. The van der Waals surface area contributed by atoms with Gasteiger partial charge in [0, 0.05) is 11.7 Å². The van der Waals surface area contributed by atoms with Crippen molar-refractivity contribution in [3.05, 3.63) is 18.3 Å². The summed E-state index contributed by atoms with van der Waals surface area (Å²) in [7, 11) is 0. The van der Waals surface area contributed by atoms with Crippen molar-refractivity contribution in [2.24, 2.45) is 5.41 Å². The first-order valence-corrected chi connectivity index (χ1v) is 5.68. The summed E-state index contributed by atoms with van der Waals surface area (Å²) in [6.07, 6.45) is 2.81. The summed E-state index contributed by atoms with van der Waals surface area (Å²) in [5.74, 6) is 0.775. The second-order valence-corrected chi connectivity index (χ2v) is 6.19. The second kappa shape index (κ2) is 4.32. The maximum atomic E-state index is 5.87. The van der Waals surface area contributed by atoms with Gasteiger partial charge in [-0.05, 0) is 37.8 Å². The lowest BCUT2D eigenvalue weighted by molar-refractivity contribution is 0.302. The highest BCUT2D eigenvalue weighted by Crippen LogP contribution is 2.30. The molecular weight excluding hydrogens is 198 g/mol. The number of pyridine rings is 1. The van der Waals surface area contributed by atoms with Gasteiger partial charge in [0.2, 0.25) is 0 Å². The summed E-state index contributed by atoms with van der Waals surface area (Å²) in [6.45, 7) is 11.0. The van der Waals surface area contributed by atoms with E-state index >= 15 is 0 Å². The summed E-state index contributed by atoms with van der Waals surface area (Å²) >= 11 is 0. The molecule has 0 spiro atoms. The van der Waals surface area contributed by atoms with E-state index in [1.165, 1.54) is 0 Å². The van der Waals surface area contributed by atoms with E-state index in [0.29, 0.717) is 5.69 Å². The van der Waals surface area contributed by atoms with Crippen LogP contribution in [0.25, 0.3) is 0 Å². The van der Waals surface area contributed by atoms with Crippen molar-refractivity contribution in [1.82, 2.24) is 4.98 Å². The fourth-order valence-corrected chi connectivity index (χ4v) is 2.21. The van der Waals surface area contributed by atoms with E-state index in [2.05, 4.69) is 44.9 Å². The smallest absolute Gasteiger partial charge is 0.149 e. The van der Waals surface area contributed by atoms with E-state index in [9.17, 15) is 0 Å². The molecule has 1 rings (SSSR count). The monoisotopic (exact) mass is 221 g/mol. The zero-order valence-electron chi connectivity index (χ0n) is 11.0. The van der Waals surface area contributed by atoms with Crippen molar-refractivity contribution in [3.8, 4) is 0 Å². The topological polar surface area (TPSA) is 50.9 Å². The van der Waals surface area contributed by atoms with Crippen LogP contribution in [-0.2, 0) is 0 Å². The van der Waals surface area contributed by atoms with Gasteiger partial charge < -0.3 is 11.1 Å². The number of aromatic nitrogens is 1. The fourth-order valence-electron chi connectivity index (χ4n) is 2.21. The van der Waals surface area contributed by atoms with Gasteiger partial charge in [0.25, 0.3) is 0 Å². The molecule has 0 aliphatic heterocycles. The molecule has 0 fully saturated rings. The van der Waals surface area contributed by atoms with Gasteiger partial charge in [0.1, 0.15) is 5.82 Å². The number of hydrogen-bond acceptors (Lipinski definition) is 3. The lowest BCUT2D eigenvalue weighted by Crippen LogP contribution is -2.36. The van der Waals surface area contributed by atoms with Gasteiger partial charge in [-0.1, -0.05) is 20.8 Å². The van der Waals surface area contributed by atoms with Gasteiger partial charge in [0.15, 0.2) is 0 Å². The molecule has 0 saturated heterocycles. The molecule has 0 radical (unpaired) electrons. The highest BCUT2D eigenvalue weighted by molar-refractivity contribution is 5.61. The molecule has 0 aliphatic carbocycles. The molecule has 0 aromatic carbocycles. The van der Waals surface area contributed by atoms with Crippen LogP contribution in [0.15, 0.2) is 18.3 Å². The average molecular weight is 221 g/mol. The Morgan fingerprint density at radius 2 is 1.88 bits per heavy atom. The molecule has 16 heavy (non-hydrogen) atoms. The Morgan fingerprint density at radius 3 is 2.38 bits per heavy atom. The highest BCUT2D eigenvalue weighted by atomic mass is 15.1. The zero-order chi connectivity index (χ0) is 12.4. The third kappa shape index (κ3) is 4.09. The molecule has 3 N–H and O–H groups in total. The maximum Gasteiger partial charge on any atom is 0.149 e. The molecule has 0 atom stereocenters. The van der Waals surface area contributed by atoms with Crippen LogP contribution in [0, 0.1) is 5.41 Å². The van der Waals surface area contributed by atoms with Gasteiger partial charge in [-0.3, -0.25) is 0 Å². The van der Waals surface area contributed by atoms with Crippen LogP contribution in [0.4, 0.5) is 11.5 Å². The minimum absolute atomic E-state index is 0.0132. The third-order valence-electron chi connectivity index (χ3n) is 2.27. The predicted octanol–water partition coefficient (Wildman–Crippen LogP) is 3.29. The van der Waals surface area contributed by atoms with E-state index < -0.39 is 0 Å². The third-order valence-corrected chi connectivity index (χ3v) is 2.27. The highest BCUT2D eigenvalue weighted by Gasteiger charge is 2.25. The maximum absolute atomic E-state index is 5.87. The summed E-state index contributed by atoms with van der Waals surface area (Å²) < 4.78 is 0. The Kier molecular flexibility index (Phi) is 3.46. The van der Waals surface area contributed by atoms with Crippen LogP contribution >= 0.6 is 0 Å². The molecule has 0 saturated carbocycles. The number of nitrogens with two attached hydrogens (primary N) is 1. The Labute approximate surface area is 98.5 Å². The molecule has 0 bridgehead atoms. The van der Waals surface area contributed by atoms with Crippen molar-refractivity contribution in [2.75, 3.05) is 11.1 Å². The molecule has 3 heteroatoms. The fraction of sp³-hybridized carbons (Fsp3) is 0.615. The number of nitrogens with one attached hydrogen (secondary N) is 1. The van der Waals surface area contributed by atoms with Crippen LogP contribution in [0.1, 0.15) is 41.0 Å². The lowest BCUT2D eigenvalue weighted by atomic mass is 9.82. The Hall–Kier alpha value is -1.25. The van der Waals surface area contributed by atoms with Crippen molar-refractivity contribution in [3.63, 3.8) is 0 Å². The first-order valence-electron chi connectivity index (χ1n) is 5.68. The first kappa shape index (κ1) is 12.8. The first-order chi connectivity index (χ1) is 7.20. The molecule has 1 aromatic rings. The molecule has 0 aliphatic rings. The largest absolute Gasteiger partial charge is 0.396 e. The lowest BCUT2D eigenvalue weighted by Gasteiger charge is -2.34. The summed E-state index contributed by atoms with van der Waals surface area (Å²) in [6, 6.07) is 3.71. The summed E-state index contributed by atoms with van der Waals surface area (Å²) in [5.41, 5.74) is 6.83. The van der Waals surface area contributed by atoms with Crippen LogP contribution in [0.3, 0.4) is 0 Å². The van der Waals surface area contributed by atoms with Crippen molar-refractivity contribution < 1.29 is 0 Å². The van der Waals surface area contributed by atoms with Crippen LogP contribution in [-0.4, -0.2) is 10.5 Å². The van der Waals surface area contributed by atoms with Gasteiger partial charge in [0.05, 0.1) is 5.69 Å². The van der Waals surface area contributed by atoms with Gasteiger partial charge in [-0.2, -0.15) is 0 Å². The van der Waals surface area contributed by atoms with Crippen LogP contribution in [0.5, 0.6) is 0 Å². The zero-order valence-corrected chi connectivity index (χ0v) is 11.0. The Morgan fingerprint density at radius 1 is 1.25 bits per heavy atom. The summed E-state index contributed by atoms with van der Waals surface area (Å²) in [5, 5.41) is 3.41. The van der Waals surface area contributed by atoms with Crippen LogP contribution in [0.2, 0.25) is 0 Å². The quantitative estimate of drug-likeness (QED) is 0.823. The molecule has 90 valence electrons. The van der Waals surface area contributed by atoms with E-state index in [0.717, 1.165) is 12.2 Å². The molecule has 0 unspecified atom stereocenters. The van der Waals surface area contributed by atoms with Gasteiger partial charge in [-0.15, -0.1) is 0 Å². The molecule has 1 heterocycles. The van der Waals surface area contributed by atoms with E-state index in [1.807, 2.05) is 12.1 Å². The standard InChI is InChI=1S/C13H23N3/c1-12(2,3)9-13(4,5)16-11-10(14)7-6-8-15-11/h6-8H,9,14H2,1-5H3,(H,15,16). The molecule has 1 aromatic heterocycles. The van der Waals surface area contributed by atoms with E-state index in [4.69, 9.17) is 5.73 Å². The Bertz CT molecular complexity index is 350. The van der Waals surface area contributed by atoms with Crippen molar-refractivity contribution in [2.45, 2.75) is 46.6 Å². The molecule has 0 amide bonds.